The van der Waals surface area contributed by atoms with Gasteiger partial charge < -0.3 is 0 Å². The SMILES string of the molecule is Bc1c(B)c(=C(C#N)C#N)c(F)c(F)c1=C(C#N)C#N. The molecule has 8 heteroatoms. The summed E-state index contributed by atoms with van der Waals surface area (Å²) in [6.07, 6.45) is 0. The van der Waals surface area contributed by atoms with E-state index in [0.29, 0.717) is 0 Å². The lowest BCUT2D eigenvalue weighted by Gasteiger charge is -2.07. The van der Waals surface area contributed by atoms with Crippen LogP contribution in [0.1, 0.15) is 0 Å². The van der Waals surface area contributed by atoms with E-state index >= 15 is 0 Å². The summed E-state index contributed by atoms with van der Waals surface area (Å²) in [4.78, 5) is 0. The van der Waals surface area contributed by atoms with E-state index in [-0.39, 0.29) is 10.9 Å². The van der Waals surface area contributed by atoms with Crippen LogP contribution in [0.25, 0.3) is 11.1 Å². The van der Waals surface area contributed by atoms with Crippen LogP contribution in [0.2, 0.25) is 0 Å². The van der Waals surface area contributed by atoms with Crippen LogP contribution in [0.3, 0.4) is 0 Å². The van der Waals surface area contributed by atoms with Crippen LogP contribution in [-0.4, -0.2) is 15.7 Å². The van der Waals surface area contributed by atoms with Crippen molar-refractivity contribution in [2.75, 3.05) is 0 Å². The highest BCUT2D eigenvalue weighted by molar-refractivity contribution is 6.49. The molecule has 0 radical (unpaired) electrons. The normalized spacial score (nSPS) is 8.70. The number of hydrogen-bond donors (Lipinski definition) is 0. The Kier molecular flexibility index (Phi) is 4.27. The van der Waals surface area contributed by atoms with E-state index in [0.717, 1.165) is 0 Å². The molecule has 4 nitrogen and oxygen atoms in total. The van der Waals surface area contributed by atoms with Gasteiger partial charge in [-0.1, -0.05) is 10.9 Å². The molecule has 0 aliphatic carbocycles. The summed E-state index contributed by atoms with van der Waals surface area (Å²) in [6.45, 7) is 0. The van der Waals surface area contributed by atoms with E-state index in [9.17, 15) is 8.78 Å². The molecule has 0 fully saturated rings. The zero-order valence-electron chi connectivity index (χ0n) is 10.5. The Morgan fingerprint density at radius 3 is 1.15 bits per heavy atom. The summed E-state index contributed by atoms with van der Waals surface area (Å²) in [5, 5.41) is 34.2. The molecule has 0 N–H and O–H groups in total. The molecule has 1 rings (SSSR count). The molecule has 92 valence electrons. The maximum absolute atomic E-state index is 14.0. The maximum atomic E-state index is 14.0. The van der Waals surface area contributed by atoms with Crippen molar-refractivity contribution in [2.24, 2.45) is 0 Å². The fraction of sp³-hybridized carbons (Fsp3) is 0. The molecule has 1 aromatic rings. The van der Waals surface area contributed by atoms with Crippen molar-refractivity contribution in [3.8, 4) is 24.3 Å². The summed E-state index contributed by atoms with van der Waals surface area (Å²) in [6, 6.07) is 5.97. The van der Waals surface area contributed by atoms with Crippen molar-refractivity contribution in [3.05, 3.63) is 22.1 Å². The predicted octanol–water partition coefficient (Wildman–Crippen LogP) is -3.12. The molecular weight excluding hydrogens is 260 g/mol. The summed E-state index contributed by atoms with van der Waals surface area (Å²) >= 11 is 0. The predicted molar refractivity (Wildman–Crippen MR) is 71.2 cm³/mol. The second kappa shape index (κ2) is 5.70. The molecule has 20 heavy (non-hydrogen) atoms. The third kappa shape index (κ3) is 2.12. The molecule has 0 saturated heterocycles. The minimum absolute atomic E-state index is 0.139. The van der Waals surface area contributed by atoms with E-state index in [1.54, 1.807) is 0 Å². The number of nitriles is 4. The molecular formula is C12H4B2F2N4. The van der Waals surface area contributed by atoms with E-state index in [4.69, 9.17) is 21.0 Å². The molecule has 0 saturated carbocycles. The van der Waals surface area contributed by atoms with Gasteiger partial charge in [0.2, 0.25) is 0 Å². The largest absolute Gasteiger partial charge is 0.203 e. The van der Waals surface area contributed by atoms with Gasteiger partial charge in [0.25, 0.3) is 0 Å². The van der Waals surface area contributed by atoms with Crippen LogP contribution in [0.5, 0.6) is 0 Å². The molecule has 0 bridgehead atoms. The van der Waals surface area contributed by atoms with Gasteiger partial charge >= 0.3 is 0 Å². The molecule has 0 amide bonds. The van der Waals surface area contributed by atoms with E-state index in [1.165, 1.54) is 40.0 Å². The highest BCUT2D eigenvalue weighted by Crippen LogP contribution is 1.97. The standard InChI is InChI=1S/C12H4B2F2N4/c13-9-7(5(1-17)2-18)11(15)12(16)8(10(9)14)6(3-19)4-20/h13-14H2. The summed E-state index contributed by atoms with van der Waals surface area (Å²) in [5.41, 5.74) is -0.854. The monoisotopic (exact) mass is 264 g/mol. The van der Waals surface area contributed by atoms with Crippen molar-refractivity contribution in [1.29, 1.82) is 21.0 Å². The Hall–Kier alpha value is -3.09. The fourth-order valence-corrected chi connectivity index (χ4v) is 1.79. The number of nitrogens with zero attached hydrogens (tertiary/aromatic N) is 4. The highest BCUT2D eigenvalue weighted by atomic mass is 19.2. The lowest BCUT2D eigenvalue weighted by Crippen LogP contribution is -2.52. The fourth-order valence-electron chi connectivity index (χ4n) is 1.79. The molecule has 0 heterocycles. The summed E-state index contributed by atoms with van der Waals surface area (Å²) in [7, 11) is 2.77. The first-order chi connectivity index (χ1) is 9.44. The van der Waals surface area contributed by atoms with Gasteiger partial charge in [-0.2, -0.15) is 21.0 Å². The minimum Gasteiger partial charge on any atom is -0.203 e. The van der Waals surface area contributed by atoms with E-state index in [2.05, 4.69) is 0 Å². The van der Waals surface area contributed by atoms with Crippen LogP contribution in [0.4, 0.5) is 8.78 Å². The van der Waals surface area contributed by atoms with Crippen LogP contribution in [-0.2, 0) is 0 Å². The first kappa shape index (κ1) is 15.0. The third-order valence-electron chi connectivity index (χ3n) is 2.89. The second-order valence-corrected chi connectivity index (χ2v) is 3.83. The zero-order chi connectivity index (χ0) is 15.4. The topological polar surface area (TPSA) is 95.2 Å². The quantitative estimate of drug-likeness (QED) is 0.463. The van der Waals surface area contributed by atoms with Crippen molar-refractivity contribution in [1.82, 2.24) is 0 Å². The molecule has 0 spiro atoms. The Bertz CT molecular complexity index is 750. The minimum atomic E-state index is -1.41. The van der Waals surface area contributed by atoms with Gasteiger partial charge in [-0.25, -0.2) is 8.78 Å². The van der Waals surface area contributed by atoms with E-state index < -0.39 is 33.2 Å². The third-order valence-corrected chi connectivity index (χ3v) is 2.89. The van der Waals surface area contributed by atoms with Crippen LogP contribution >= 0.6 is 0 Å². The van der Waals surface area contributed by atoms with Gasteiger partial charge in [0.15, 0.2) is 11.6 Å². The molecule has 0 atom stereocenters. The number of halogens is 2. The van der Waals surface area contributed by atoms with Gasteiger partial charge in [-0.05, 0) is 0 Å². The average molecular weight is 264 g/mol. The van der Waals surface area contributed by atoms with Gasteiger partial charge in [0.05, 0.1) is 0 Å². The average Bonchev–Trinajstić information content (AvgIpc) is 2.46. The van der Waals surface area contributed by atoms with Crippen LogP contribution in [0.15, 0.2) is 0 Å². The smallest absolute Gasteiger partial charge is 0.168 e. The van der Waals surface area contributed by atoms with Crippen molar-refractivity contribution < 1.29 is 8.78 Å². The highest BCUT2D eigenvalue weighted by Gasteiger charge is 2.17. The Morgan fingerprint density at radius 2 is 0.950 bits per heavy atom. The maximum Gasteiger partial charge on any atom is 0.168 e. The van der Waals surface area contributed by atoms with Crippen molar-refractivity contribution in [2.45, 2.75) is 0 Å². The van der Waals surface area contributed by atoms with Gasteiger partial charge in [0.1, 0.15) is 51.1 Å². The first-order valence-corrected chi connectivity index (χ1v) is 5.27. The van der Waals surface area contributed by atoms with E-state index in [1.807, 2.05) is 0 Å². The van der Waals surface area contributed by atoms with Gasteiger partial charge in [-0.15, -0.1) is 0 Å². The van der Waals surface area contributed by atoms with Crippen molar-refractivity contribution in [3.63, 3.8) is 0 Å². The van der Waals surface area contributed by atoms with Gasteiger partial charge in [0, 0.05) is 10.4 Å². The lowest BCUT2D eigenvalue weighted by molar-refractivity contribution is 0.499. The van der Waals surface area contributed by atoms with Crippen LogP contribution < -0.4 is 21.4 Å². The Labute approximate surface area is 114 Å². The Morgan fingerprint density at radius 1 is 0.700 bits per heavy atom. The lowest BCUT2D eigenvalue weighted by atomic mass is 9.76. The summed E-state index contributed by atoms with van der Waals surface area (Å²) < 4.78 is 28.1. The molecule has 0 aliphatic heterocycles. The molecule has 0 aliphatic rings. The molecule has 0 aromatic heterocycles. The van der Waals surface area contributed by atoms with Crippen LogP contribution in [0, 0.1) is 57.0 Å². The number of rotatable bonds is 0. The molecule has 0 unspecified atom stereocenters. The second-order valence-electron chi connectivity index (χ2n) is 3.83. The summed E-state index contributed by atoms with van der Waals surface area (Å²) in [5.74, 6) is -2.83. The zero-order valence-corrected chi connectivity index (χ0v) is 10.5. The first-order valence-electron chi connectivity index (χ1n) is 5.27. The van der Waals surface area contributed by atoms with Gasteiger partial charge in [-0.3, -0.25) is 0 Å². The number of hydrogen-bond acceptors (Lipinski definition) is 4. The molecule has 1 aromatic carbocycles. The van der Waals surface area contributed by atoms with Crippen molar-refractivity contribution >= 4 is 37.8 Å². The Balaban J connectivity index is 4.35. The number of benzene rings is 1.